The van der Waals surface area contributed by atoms with Crippen molar-refractivity contribution < 1.29 is 13.9 Å². The number of aromatic nitrogens is 2. The van der Waals surface area contributed by atoms with Crippen molar-refractivity contribution in [3.63, 3.8) is 0 Å². The van der Waals surface area contributed by atoms with E-state index in [1.807, 2.05) is 10.9 Å². The Morgan fingerprint density at radius 1 is 1.16 bits per heavy atom. The van der Waals surface area contributed by atoms with Gasteiger partial charge in [-0.15, -0.1) is 0 Å². The number of benzene rings is 2. The number of methoxy groups -OCH3 is 1. The van der Waals surface area contributed by atoms with E-state index in [-0.39, 0.29) is 11.8 Å². The standard InChI is InChI=1S/C25H24FN3O2S/c1-17-3-9-22(10-4-17)32-28-12-11-19-13-23-18(14-25(19,16-28)24(30)31-2)15-27-29(23)21-7-5-20(26)6-8-21/h3-10,13,15H,11-12,14,16H2,1-2H3. The van der Waals surface area contributed by atoms with Crippen molar-refractivity contribution in [3.05, 3.63) is 82.9 Å². The van der Waals surface area contributed by atoms with Crippen LogP contribution in [0.3, 0.4) is 0 Å². The van der Waals surface area contributed by atoms with Crippen molar-refractivity contribution in [2.45, 2.75) is 24.7 Å². The molecule has 0 amide bonds. The molecule has 0 saturated carbocycles. The van der Waals surface area contributed by atoms with Crippen LogP contribution in [-0.2, 0) is 16.0 Å². The van der Waals surface area contributed by atoms with Gasteiger partial charge in [-0.3, -0.25) is 4.79 Å². The third-order valence-electron chi connectivity index (χ3n) is 6.28. The fourth-order valence-electron chi connectivity index (χ4n) is 4.60. The highest BCUT2D eigenvalue weighted by atomic mass is 32.2. The van der Waals surface area contributed by atoms with E-state index in [0.717, 1.165) is 40.4 Å². The number of carbonyl (C=O) groups is 1. The zero-order valence-electron chi connectivity index (χ0n) is 18.0. The number of ether oxygens (including phenoxy) is 1. The van der Waals surface area contributed by atoms with Gasteiger partial charge in [-0.1, -0.05) is 17.7 Å². The molecule has 164 valence electrons. The summed E-state index contributed by atoms with van der Waals surface area (Å²) >= 11 is 1.68. The van der Waals surface area contributed by atoms with Gasteiger partial charge in [0.2, 0.25) is 0 Å². The van der Waals surface area contributed by atoms with E-state index in [9.17, 15) is 9.18 Å². The molecule has 0 bridgehead atoms. The lowest BCUT2D eigenvalue weighted by atomic mass is 9.69. The van der Waals surface area contributed by atoms with E-state index in [2.05, 4.69) is 46.7 Å². The quantitative estimate of drug-likeness (QED) is 0.422. The number of esters is 1. The van der Waals surface area contributed by atoms with E-state index in [4.69, 9.17) is 4.74 Å². The molecule has 1 unspecified atom stereocenters. The summed E-state index contributed by atoms with van der Waals surface area (Å²) in [7, 11) is 1.46. The Labute approximate surface area is 191 Å². The molecule has 5 nitrogen and oxygen atoms in total. The second-order valence-corrected chi connectivity index (χ2v) is 9.55. The Balaban J connectivity index is 1.48. The largest absolute Gasteiger partial charge is 0.468 e. The van der Waals surface area contributed by atoms with E-state index < -0.39 is 5.41 Å². The molecule has 2 heterocycles. The topological polar surface area (TPSA) is 47.4 Å². The second-order valence-electron chi connectivity index (χ2n) is 8.38. The van der Waals surface area contributed by atoms with Crippen LogP contribution in [0, 0.1) is 18.2 Å². The van der Waals surface area contributed by atoms with Crippen molar-refractivity contribution in [2.75, 3.05) is 20.2 Å². The van der Waals surface area contributed by atoms with Crippen molar-refractivity contribution in [1.82, 2.24) is 14.1 Å². The Morgan fingerprint density at radius 3 is 2.62 bits per heavy atom. The van der Waals surface area contributed by atoms with Crippen LogP contribution < -0.4 is 0 Å². The number of nitrogens with zero attached hydrogens (tertiary/aromatic N) is 3. The van der Waals surface area contributed by atoms with E-state index in [1.54, 1.807) is 24.1 Å². The first kappa shape index (κ1) is 21.0. The molecule has 32 heavy (non-hydrogen) atoms. The molecule has 0 radical (unpaired) electrons. The Bertz CT molecular complexity index is 1190. The van der Waals surface area contributed by atoms with Gasteiger partial charge in [-0.2, -0.15) is 5.10 Å². The fourth-order valence-corrected chi connectivity index (χ4v) is 5.62. The van der Waals surface area contributed by atoms with Crippen LogP contribution in [0.2, 0.25) is 0 Å². The Morgan fingerprint density at radius 2 is 1.91 bits per heavy atom. The highest BCUT2D eigenvalue weighted by Gasteiger charge is 2.49. The maximum atomic E-state index is 13.4. The zero-order valence-corrected chi connectivity index (χ0v) is 18.9. The van der Waals surface area contributed by atoms with Gasteiger partial charge in [0.1, 0.15) is 11.2 Å². The molecular formula is C25H24FN3O2S. The number of hydrogen-bond donors (Lipinski definition) is 0. The first-order chi connectivity index (χ1) is 15.5. The van der Waals surface area contributed by atoms with Crippen LogP contribution in [0.15, 0.2) is 65.2 Å². The molecule has 3 aromatic rings. The minimum atomic E-state index is -0.728. The molecule has 0 N–H and O–H groups in total. The molecule has 2 aromatic carbocycles. The number of halogens is 1. The zero-order chi connectivity index (χ0) is 22.3. The van der Waals surface area contributed by atoms with Crippen LogP contribution in [0.4, 0.5) is 4.39 Å². The number of fused-ring (bicyclic) bond motifs is 2. The number of hydrogen-bond acceptors (Lipinski definition) is 5. The maximum Gasteiger partial charge on any atom is 0.317 e. The first-order valence-electron chi connectivity index (χ1n) is 10.6. The summed E-state index contributed by atoms with van der Waals surface area (Å²) in [5.41, 5.74) is 4.30. The number of rotatable bonds is 4. The van der Waals surface area contributed by atoms with Gasteiger partial charge in [-0.05, 0) is 85.3 Å². The third kappa shape index (κ3) is 3.65. The lowest BCUT2D eigenvalue weighted by Gasteiger charge is -2.43. The van der Waals surface area contributed by atoms with Crippen molar-refractivity contribution in [3.8, 4) is 5.69 Å². The predicted molar refractivity (Wildman–Crippen MR) is 123 cm³/mol. The van der Waals surface area contributed by atoms with Gasteiger partial charge in [0, 0.05) is 18.0 Å². The smallest absolute Gasteiger partial charge is 0.317 e. The van der Waals surface area contributed by atoms with Gasteiger partial charge in [-0.25, -0.2) is 13.4 Å². The summed E-state index contributed by atoms with van der Waals surface area (Å²) in [4.78, 5) is 14.3. The molecule has 1 atom stereocenters. The average molecular weight is 450 g/mol. The van der Waals surface area contributed by atoms with Crippen LogP contribution in [0.5, 0.6) is 0 Å². The van der Waals surface area contributed by atoms with Crippen LogP contribution in [0.1, 0.15) is 23.2 Å². The van der Waals surface area contributed by atoms with Gasteiger partial charge in [0.05, 0.1) is 24.7 Å². The summed E-state index contributed by atoms with van der Waals surface area (Å²) in [5, 5.41) is 4.55. The fraction of sp³-hybridized carbons (Fsp3) is 0.280. The normalized spacial score (nSPS) is 20.3. The van der Waals surface area contributed by atoms with Gasteiger partial charge in [0.15, 0.2) is 0 Å². The highest BCUT2D eigenvalue weighted by Crippen LogP contribution is 2.47. The minimum Gasteiger partial charge on any atom is -0.468 e. The molecule has 5 rings (SSSR count). The predicted octanol–water partition coefficient (Wildman–Crippen LogP) is 4.83. The summed E-state index contributed by atoms with van der Waals surface area (Å²) in [5.74, 6) is -0.491. The van der Waals surface area contributed by atoms with Crippen LogP contribution in [-0.4, -0.2) is 40.3 Å². The molecule has 1 fully saturated rings. The van der Waals surface area contributed by atoms with Crippen molar-refractivity contribution in [2.24, 2.45) is 5.41 Å². The van der Waals surface area contributed by atoms with Gasteiger partial charge >= 0.3 is 5.97 Å². The molecule has 7 heteroatoms. The summed E-state index contributed by atoms with van der Waals surface area (Å²) in [6.45, 7) is 3.48. The van der Waals surface area contributed by atoms with E-state index >= 15 is 0 Å². The molecule has 2 aliphatic rings. The lowest BCUT2D eigenvalue weighted by molar-refractivity contribution is -0.151. The Hall–Kier alpha value is -2.90. The maximum absolute atomic E-state index is 13.4. The third-order valence-corrected chi connectivity index (χ3v) is 7.34. The molecule has 1 aliphatic carbocycles. The second kappa shape index (κ2) is 8.22. The monoisotopic (exact) mass is 449 g/mol. The number of piperidine rings is 1. The molecule has 1 aromatic heterocycles. The lowest BCUT2D eigenvalue weighted by Crippen LogP contribution is -2.50. The summed E-state index contributed by atoms with van der Waals surface area (Å²) in [6.07, 6.45) is 5.19. The van der Waals surface area contributed by atoms with Crippen LogP contribution in [0.25, 0.3) is 11.8 Å². The van der Waals surface area contributed by atoms with Gasteiger partial charge in [0.25, 0.3) is 0 Å². The summed E-state index contributed by atoms with van der Waals surface area (Å²) < 4.78 is 22.8. The first-order valence-corrected chi connectivity index (χ1v) is 11.4. The van der Waals surface area contributed by atoms with E-state index in [0.29, 0.717) is 13.0 Å². The minimum absolute atomic E-state index is 0.210. The van der Waals surface area contributed by atoms with E-state index in [1.165, 1.54) is 24.8 Å². The van der Waals surface area contributed by atoms with Crippen molar-refractivity contribution >= 4 is 24.0 Å². The number of carbonyl (C=O) groups excluding carboxylic acids is 1. The van der Waals surface area contributed by atoms with Crippen molar-refractivity contribution in [1.29, 1.82) is 0 Å². The Kier molecular flexibility index (Phi) is 5.39. The van der Waals surface area contributed by atoms with Crippen LogP contribution >= 0.6 is 11.9 Å². The molecule has 1 aliphatic heterocycles. The SMILES string of the molecule is COC(=O)C12Cc3cnn(-c4ccc(F)cc4)c3C=C1CCN(Sc1ccc(C)cc1)C2. The summed E-state index contributed by atoms with van der Waals surface area (Å²) in [6, 6.07) is 14.7. The number of aryl methyl sites for hydroxylation is 1. The molecular weight excluding hydrogens is 425 g/mol. The highest BCUT2D eigenvalue weighted by molar-refractivity contribution is 7.97. The molecule has 1 saturated heterocycles. The van der Waals surface area contributed by atoms with Gasteiger partial charge < -0.3 is 4.74 Å². The molecule has 0 spiro atoms. The average Bonchev–Trinajstić information content (AvgIpc) is 3.21.